The van der Waals surface area contributed by atoms with E-state index < -0.39 is 23.4 Å². The van der Waals surface area contributed by atoms with Crippen molar-refractivity contribution < 1.29 is 18.3 Å². The number of rotatable bonds is 4. The second-order valence-corrected chi connectivity index (χ2v) is 6.29. The van der Waals surface area contributed by atoms with Crippen molar-refractivity contribution in [3.8, 4) is 11.9 Å². The van der Waals surface area contributed by atoms with Gasteiger partial charge in [0.15, 0.2) is 0 Å². The number of benzene rings is 1. The standard InChI is InChI=1S/C19H18F2N4O2/c20-15-4-1-5-16(21)18(15)24-19(26)25-8-2-3-14(11-25)12-27-17-9-13(10-22)6-7-23-17/h1,4-7,9,14H,2-3,8,11-12H2,(H,24,26). The fourth-order valence-electron chi connectivity index (χ4n) is 2.95. The van der Waals surface area contributed by atoms with E-state index in [0.717, 1.165) is 25.0 Å². The highest BCUT2D eigenvalue weighted by Crippen LogP contribution is 2.22. The van der Waals surface area contributed by atoms with Crippen molar-refractivity contribution in [2.45, 2.75) is 12.8 Å². The van der Waals surface area contributed by atoms with Crippen LogP contribution in [-0.4, -0.2) is 35.6 Å². The molecule has 140 valence electrons. The Morgan fingerprint density at radius 1 is 1.37 bits per heavy atom. The number of pyridine rings is 1. The zero-order valence-electron chi connectivity index (χ0n) is 14.5. The third-order valence-corrected chi connectivity index (χ3v) is 4.33. The van der Waals surface area contributed by atoms with Crippen molar-refractivity contribution in [2.24, 2.45) is 5.92 Å². The van der Waals surface area contributed by atoms with Gasteiger partial charge in [-0.15, -0.1) is 0 Å². The third-order valence-electron chi connectivity index (χ3n) is 4.33. The molecule has 2 amide bonds. The lowest BCUT2D eigenvalue weighted by Crippen LogP contribution is -2.44. The number of anilines is 1. The lowest BCUT2D eigenvalue weighted by atomic mass is 9.99. The van der Waals surface area contributed by atoms with Crippen LogP contribution in [0.4, 0.5) is 19.3 Å². The summed E-state index contributed by atoms with van der Waals surface area (Å²) in [7, 11) is 0. The maximum atomic E-state index is 13.7. The number of likely N-dealkylation sites (tertiary alicyclic amines) is 1. The monoisotopic (exact) mass is 372 g/mol. The smallest absolute Gasteiger partial charge is 0.322 e. The minimum atomic E-state index is -0.816. The summed E-state index contributed by atoms with van der Waals surface area (Å²) in [6.07, 6.45) is 3.11. The Bertz CT molecular complexity index is 849. The molecule has 0 aliphatic carbocycles. The molecule has 2 heterocycles. The molecule has 0 radical (unpaired) electrons. The molecule has 0 spiro atoms. The fraction of sp³-hybridized carbons (Fsp3) is 0.316. The van der Waals surface area contributed by atoms with E-state index in [2.05, 4.69) is 10.3 Å². The maximum Gasteiger partial charge on any atom is 0.322 e. The second kappa shape index (κ2) is 8.45. The van der Waals surface area contributed by atoms with E-state index in [1.54, 1.807) is 12.1 Å². The van der Waals surface area contributed by atoms with Gasteiger partial charge in [-0.2, -0.15) is 5.26 Å². The molecule has 1 aliphatic rings. The number of nitrogens with one attached hydrogen (secondary N) is 1. The highest BCUT2D eigenvalue weighted by Gasteiger charge is 2.25. The van der Waals surface area contributed by atoms with Crippen molar-refractivity contribution in [1.29, 1.82) is 5.26 Å². The number of urea groups is 1. The molecule has 8 heteroatoms. The van der Waals surface area contributed by atoms with E-state index in [0.29, 0.717) is 31.1 Å². The van der Waals surface area contributed by atoms with E-state index in [4.69, 9.17) is 10.00 Å². The molecule has 0 bridgehead atoms. The molecule has 1 atom stereocenters. The number of halogens is 2. The first kappa shape index (κ1) is 18.6. The van der Waals surface area contributed by atoms with Crippen LogP contribution in [-0.2, 0) is 0 Å². The van der Waals surface area contributed by atoms with Crippen LogP contribution >= 0.6 is 0 Å². The summed E-state index contributed by atoms with van der Waals surface area (Å²) in [6.45, 7) is 1.24. The van der Waals surface area contributed by atoms with Gasteiger partial charge in [-0.05, 0) is 31.0 Å². The summed E-state index contributed by atoms with van der Waals surface area (Å²) in [5, 5.41) is 11.2. The highest BCUT2D eigenvalue weighted by molar-refractivity contribution is 5.89. The number of hydrogen-bond donors (Lipinski definition) is 1. The van der Waals surface area contributed by atoms with Gasteiger partial charge in [0.05, 0.1) is 18.2 Å². The number of carbonyl (C=O) groups is 1. The molecule has 1 N–H and O–H groups in total. The number of piperidine rings is 1. The zero-order valence-corrected chi connectivity index (χ0v) is 14.5. The van der Waals surface area contributed by atoms with Gasteiger partial charge in [-0.1, -0.05) is 6.07 Å². The number of nitrogens with zero attached hydrogens (tertiary/aromatic N) is 3. The number of nitriles is 1. The average molecular weight is 372 g/mol. The Labute approximate surface area is 155 Å². The van der Waals surface area contributed by atoms with E-state index >= 15 is 0 Å². The predicted octanol–water partition coefficient (Wildman–Crippen LogP) is 3.55. The Kier molecular flexibility index (Phi) is 5.81. The summed E-state index contributed by atoms with van der Waals surface area (Å²) in [6, 6.07) is 8.03. The second-order valence-electron chi connectivity index (χ2n) is 6.29. The maximum absolute atomic E-state index is 13.7. The Morgan fingerprint density at radius 2 is 2.15 bits per heavy atom. The van der Waals surface area contributed by atoms with Crippen LogP contribution in [0.2, 0.25) is 0 Å². The van der Waals surface area contributed by atoms with Crippen molar-refractivity contribution in [3.05, 3.63) is 53.7 Å². The molecule has 27 heavy (non-hydrogen) atoms. The summed E-state index contributed by atoms with van der Waals surface area (Å²) in [5.74, 6) is -1.22. The molecule has 1 saturated heterocycles. The number of ether oxygens (including phenoxy) is 1. The van der Waals surface area contributed by atoms with E-state index in [-0.39, 0.29) is 5.92 Å². The van der Waals surface area contributed by atoms with Gasteiger partial charge >= 0.3 is 6.03 Å². The molecule has 3 rings (SSSR count). The van der Waals surface area contributed by atoms with Crippen LogP contribution in [0.3, 0.4) is 0 Å². The van der Waals surface area contributed by atoms with Gasteiger partial charge in [0.1, 0.15) is 17.3 Å². The largest absolute Gasteiger partial charge is 0.477 e. The van der Waals surface area contributed by atoms with Gasteiger partial charge in [-0.3, -0.25) is 0 Å². The predicted molar refractivity (Wildman–Crippen MR) is 94.1 cm³/mol. The molecule has 6 nitrogen and oxygen atoms in total. The lowest BCUT2D eigenvalue weighted by molar-refractivity contribution is 0.143. The summed E-state index contributed by atoms with van der Waals surface area (Å²) < 4.78 is 33.0. The van der Waals surface area contributed by atoms with E-state index in [1.807, 2.05) is 6.07 Å². The van der Waals surface area contributed by atoms with Crippen LogP contribution in [0.1, 0.15) is 18.4 Å². The van der Waals surface area contributed by atoms with Gasteiger partial charge in [0.25, 0.3) is 0 Å². The first-order valence-corrected chi connectivity index (χ1v) is 8.55. The van der Waals surface area contributed by atoms with Gasteiger partial charge in [-0.25, -0.2) is 18.6 Å². The highest BCUT2D eigenvalue weighted by atomic mass is 19.1. The minimum absolute atomic E-state index is 0.0579. The quantitative estimate of drug-likeness (QED) is 0.890. The minimum Gasteiger partial charge on any atom is -0.477 e. The molecule has 1 fully saturated rings. The van der Waals surface area contributed by atoms with Gasteiger partial charge in [0.2, 0.25) is 5.88 Å². The number of aromatic nitrogens is 1. The average Bonchev–Trinajstić information content (AvgIpc) is 2.69. The van der Waals surface area contributed by atoms with Crippen molar-refractivity contribution in [2.75, 3.05) is 25.0 Å². The summed E-state index contributed by atoms with van der Waals surface area (Å²) >= 11 is 0. The summed E-state index contributed by atoms with van der Waals surface area (Å²) in [5.41, 5.74) is 0.00922. The molecule has 1 aromatic carbocycles. The first-order chi connectivity index (χ1) is 13.1. The first-order valence-electron chi connectivity index (χ1n) is 8.55. The Hall–Kier alpha value is -3.21. The molecular formula is C19H18F2N4O2. The van der Waals surface area contributed by atoms with Crippen LogP contribution in [0, 0.1) is 28.9 Å². The Morgan fingerprint density at radius 3 is 2.89 bits per heavy atom. The molecule has 0 saturated carbocycles. The van der Waals surface area contributed by atoms with Crippen LogP contribution in [0.15, 0.2) is 36.5 Å². The molecule has 1 aromatic heterocycles. The third kappa shape index (κ3) is 4.70. The molecule has 2 aromatic rings. The van der Waals surface area contributed by atoms with Crippen molar-refractivity contribution in [3.63, 3.8) is 0 Å². The van der Waals surface area contributed by atoms with Gasteiger partial charge in [0, 0.05) is 31.3 Å². The number of amides is 2. The molecule has 1 aliphatic heterocycles. The summed E-state index contributed by atoms with van der Waals surface area (Å²) in [4.78, 5) is 17.9. The Balaban J connectivity index is 1.57. The van der Waals surface area contributed by atoms with E-state index in [1.165, 1.54) is 17.2 Å². The molecular weight excluding hydrogens is 354 g/mol. The van der Waals surface area contributed by atoms with Crippen LogP contribution in [0.25, 0.3) is 0 Å². The number of carbonyl (C=O) groups excluding carboxylic acids is 1. The number of hydrogen-bond acceptors (Lipinski definition) is 4. The van der Waals surface area contributed by atoms with Crippen LogP contribution in [0.5, 0.6) is 5.88 Å². The fourth-order valence-corrected chi connectivity index (χ4v) is 2.95. The normalized spacial score (nSPS) is 16.5. The zero-order chi connectivity index (χ0) is 19.2. The molecule has 1 unspecified atom stereocenters. The van der Waals surface area contributed by atoms with Crippen molar-refractivity contribution in [1.82, 2.24) is 9.88 Å². The van der Waals surface area contributed by atoms with Crippen molar-refractivity contribution >= 4 is 11.7 Å². The lowest BCUT2D eigenvalue weighted by Gasteiger charge is -2.32. The van der Waals surface area contributed by atoms with E-state index in [9.17, 15) is 13.6 Å². The SMILES string of the molecule is N#Cc1ccnc(OCC2CCCN(C(=O)Nc3c(F)cccc3F)C2)c1. The number of para-hydroxylation sites is 1. The topological polar surface area (TPSA) is 78.2 Å². The van der Waals surface area contributed by atoms with Gasteiger partial charge < -0.3 is 15.0 Å². The van der Waals surface area contributed by atoms with Crippen LogP contribution < -0.4 is 10.1 Å².